The molecule has 3 aliphatic carbocycles. The SMILES string of the molecule is Cc1cc2c3cc1N1c4cc5c(cc4B4c6cc7c(cc6N(c6cccc8sc9ccccc9c68)c6cc(cc1c64)N1c4cc(ccc4C4(C)CCCCC14C)C3(C)CCC2(C)C)C(C)(C)CCC7(C)C)-c1ccccc1B5. The standard InChI is InChI=1S/C72H69B2N3S/c1-41-32-48-51-39-57(41)76-60-40-53-46(44-18-11-13-20-52(44)73-53)36-54(60)74-55-37-49-50(68(4,5)29-28-67(49,2)3)38-59(55)75(56-21-17-23-64-65(56)45-19-12-14-22-63(45)78-64)61-34-43(35-62(76)66(61)74)77-58-33-42(70(51,8)31-30-69(48,6)7)24-25-47(58)71(9)26-15-16-27-72(71,77)10/h11-14,17-25,32-40,73H,15-16,26-31H2,1-10H3. The third-order valence-electron chi connectivity index (χ3n) is 22.7. The highest BCUT2D eigenvalue weighted by molar-refractivity contribution is 7.26. The van der Waals surface area contributed by atoms with E-state index in [1.54, 1.807) is 0 Å². The van der Waals surface area contributed by atoms with Gasteiger partial charge in [-0.1, -0.05) is 158 Å². The van der Waals surface area contributed by atoms with E-state index in [-0.39, 0.29) is 39.3 Å². The van der Waals surface area contributed by atoms with Crippen molar-refractivity contribution in [1.29, 1.82) is 0 Å². The van der Waals surface area contributed by atoms with Gasteiger partial charge in [-0.25, -0.2) is 0 Å². The zero-order valence-corrected chi connectivity index (χ0v) is 48.2. The van der Waals surface area contributed by atoms with Crippen LogP contribution in [0.1, 0.15) is 153 Å². The molecular formula is C72H69B2N3S. The molecule has 6 heterocycles. The van der Waals surface area contributed by atoms with E-state index in [1.165, 1.54) is 169 Å². The molecule has 0 N–H and O–H groups in total. The van der Waals surface area contributed by atoms with E-state index in [0.717, 1.165) is 33.0 Å². The summed E-state index contributed by atoms with van der Waals surface area (Å²) in [6.45, 7) is 25.4. The van der Waals surface area contributed by atoms with Gasteiger partial charge < -0.3 is 14.7 Å². The molecule has 6 bridgehead atoms. The van der Waals surface area contributed by atoms with Crippen molar-refractivity contribution in [3.8, 4) is 11.1 Å². The summed E-state index contributed by atoms with van der Waals surface area (Å²) in [6, 6.07) is 55.1. The van der Waals surface area contributed by atoms with Gasteiger partial charge >= 0.3 is 0 Å². The van der Waals surface area contributed by atoms with Crippen LogP contribution in [0.2, 0.25) is 0 Å². The molecule has 8 aromatic carbocycles. The van der Waals surface area contributed by atoms with Crippen LogP contribution in [-0.2, 0) is 27.1 Å². The lowest BCUT2D eigenvalue weighted by atomic mass is 9.33. The minimum Gasteiger partial charge on any atom is -0.334 e. The monoisotopic (exact) mass is 1030 g/mol. The van der Waals surface area contributed by atoms with E-state index in [2.05, 4.69) is 217 Å². The lowest BCUT2D eigenvalue weighted by Crippen LogP contribution is -2.62. The normalized spacial score (nSPS) is 24.3. The van der Waals surface area contributed by atoms with Crippen LogP contribution in [0, 0.1) is 6.92 Å². The third kappa shape index (κ3) is 5.64. The van der Waals surface area contributed by atoms with Crippen molar-refractivity contribution < 1.29 is 0 Å². The van der Waals surface area contributed by atoms with Crippen molar-refractivity contribution in [3.05, 3.63) is 172 Å². The van der Waals surface area contributed by atoms with E-state index in [9.17, 15) is 0 Å². The molecule has 3 atom stereocenters. The summed E-state index contributed by atoms with van der Waals surface area (Å²) >= 11 is 1.94. The largest absolute Gasteiger partial charge is 0.334 e. The summed E-state index contributed by atoms with van der Waals surface area (Å²) in [5, 5.41) is 2.69. The highest BCUT2D eigenvalue weighted by atomic mass is 32.1. The van der Waals surface area contributed by atoms with Crippen LogP contribution in [0.25, 0.3) is 31.3 Å². The zero-order chi connectivity index (χ0) is 52.9. The molecule has 3 nitrogen and oxygen atoms in total. The number of thiophene rings is 1. The first kappa shape index (κ1) is 46.4. The average Bonchev–Trinajstić information content (AvgIpc) is 4.24. The molecule has 9 aromatic rings. The molecular weight excluding hydrogens is 961 g/mol. The first-order chi connectivity index (χ1) is 37.4. The molecule has 0 amide bonds. The summed E-state index contributed by atoms with van der Waals surface area (Å²) in [5.41, 5.74) is 30.8. The van der Waals surface area contributed by atoms with Gasteiger partial charge in [0.05, 0.1) is 11.2 Å². The Balaban J connectivity index is 1.08. The van der Waals surface area contributed by atoms with Gasteiger partial charge in [0, 0.05) is 70.8 Å². The molecule has 384 valence electrons. The van der Waals surface area contributed by atoms with Crippen LogP contribution in [-0.4, -0.2) is 19.5 Å². The molecule has 1 fully saturated rings. The predicted molar refractivity (Wildman–Crippen MR) is 337 cm³/mol. The quantitative estimate of drug-likeness (QED) is 0.152. The van der Waals surface area contributed by atoms with E-state index in [1.807, 2.05) is 11.3 Å². The number of hydrogen-bond donors (Lipinski definition) is 0. The zero-order valence-electron chi connectivity index (χ0n) is 47.4. The fourth-order valence-corrected chi connectivity index (χ4v) is 19.0. The Morgan fingerprint density at radius 2 is 1.13 bits per heavy atom. The smallest absolute Gasteiger partial charge is 0.252 e. The van der Waals surface area contributed by atoms with Crippen LogP contribution < -0.4 is 42.0 Å². The van der Waals surface area contributed by atoms with E-state index in [4.69, 9.17) is 0 Å². The fourth-order valence-electron chi connectivity index (χ4n) is 17.8. The minimum atomic E-state index is -0.173. The van der Waals surface area contributed by atoms with E-state index < -0.39 is 0 Å². The van der Waals surface area contributed by atoms with Gasteiger partial charge in [-0.3, -0.25) is 0 Å². The number of fused-ring (bicyclic) bond motifs is 21. The van der Waals surface area contributed by atoms with E-state index >= 15 is 0 Å². The summed E-state index contributed by atoms with van der Waals surface area (Å²) in [6.07, 6.45) is 9.44. The average molecular weight is 1030 g/mol. The maximum absolute atomic E-state index is 2.93. The number of nitrogens with zero attached hydrogens (tertiary/aromatic N) is 3. The Kier molecular flexibility index (Phi) is 8.83. The van der Waals surface area contributed by atoms with Crippen LogP contribution >= 0.6 is 11.3 Å². The summed E-state index contributed by atoms with van der Waals surface area (Å²) in [4.78, 5) is 8.55. The number of rotatable bonds is 1. The van der Waals surface area contributed by atoms with Crippen LogP contribution in [0.4, 0.5) is 45.5 Å². The van der Waals surface area contributed by atoms with Gasteiger partial charge in [0.2, 0.25) is 0 Å². The van der Waals surface area contributed by atoms with Gasteiger partial charge in [-0.2, -0.15) is 0 Å². The topological polar surface area (TPSA) is 9.72 Å². The molecule has 1 aromatic heterocycles. The molecule has 3 unspecified atom stereocenters. The highest BCUT2D eigenvalue weighted by Gasteiger charge is 2.59. The Morgan fingerprint density at radius 3 is 1.94 bits per heavy atom. The maximum atomic E-state index is 2.93. The molecule has 0 saturated heterocycles. The van der Waals surface area contributed by atoms with Crippen molar-refractivity contribution in [2.75, 3.05) is 14.7 Å². The van der Waals surface area contributed by atoms with Gasteiger partial charge in [-0.15, -0.1) is 11.3 Å². The van der Waals surface area contributed by atoms with Crippen molar-refractivity contribution in [3.63, 3.8) is 0 Å². The number of benzene rings is 8. The molecule has 0 radical (unpaired) electrons. The van der Waals surface area contributed by atoms with Crippen molar-refractivity contribution in [1.82, 2.24) is 0 Å². The molecule has 0 spiro atoms. The Morgan fingerprint density at radius 1 is 0.474 bits per heavy atom. The predicted octanol–water partition coefficient (Wildman–Crippen LogP) is 15.6. The molecule has 8 aliphatic rings. The highest BCUT2D eigenvalue weighted by Crippen LogP contribution is 2.64. The molecule has 78 heavy (non-hydrogen) atoms. The fraction of sp³-hybridized carbons (Fsp3) is 0.333. The molecule has 5 aliphatic heterocycles. The van der Waals surface area contributed by atoms with Crippen LogP contribution in [0.15, 0.2) is 133 Å². The number of hydrogen-bond acceptors (Lipinski definition) is 4. The van der Waals surface area contributed by atoms with E-state index in [0.29, 0.717) is 0 Å². The number of anilines is 8. The summed E-state index contributed by atoms with van der Waals surface area (Å²) < 4.78 is 2.68. The van der Waals surface area contributed by atoms with Gasteiger partial charge in [0.1, 0.15) is 0 Å². The maximum Gasteiger partial charge on any atom is 0.252 e. The summed E-state index contributed by atoms with van der Waals surface area (Å²) in [5.74, 6) is 0. The van der Waals surface area contributed by atoms with Gasteiger partial charge in [0.25, 0.3) is 6.71 Å². The Labute approximate surface area is 467 Å². The second kappa shape index (κ2) is 14.8. The molecule has 17 rings (SSSR count). The van der Waals surface area contributed by atoms with Gasteiger partial charge in [-0.05, 0) is 190 Å². The Hall–Kier alpha value is -6.49. The van der Waals surface area contributed by atoms with Crippen molar-refractivity contribution >= 4 is 118 Å². The molecule has 6 heteroatoms. The Bertz CT molecular complexity index is 4230. The van der Waals surface area contributed by atoms with Crippen LogP contribution in [0.5, 0.6) is 0 Å². The first-order valence-electron chi connectivity index (χ1n) is 29.6. The second-order valence-electron chi connectivity index (χ2n) is 28.2. The van der Waals surface area contributed by atoms with Crippen LogP contribution in [0.3, 0.4) is 0 Å². The minimum absolute atomic E-state index is 0.00721. The number of aryl methyl sites for hydroxylation is 1. The lowest BCUT2D eigenvalue weighted by molar-refractivity contribution is 0.195. The third-order valence-corrected chi connectivity index (χ3v) is 23.8. The lowest BCUT2D eigenvalue weighted by Gasteiger charge is -2.51. The van der Waals surface area contributed by atoms with Gasteiger partial charge in [0.15, 0.2) is 7.28 Å². The molecule has 1 saturated carbocycles. The van der Waals surface area contributed by atoms with Crippen molar-refractivity contribution in [2.45, 2.75) is 153 Å². The summed E-state index contributed by atoms with van der Waals surface area (Å²) in [7, 11) is 0.951. The van der Waals surface area contributed by atoms with Crippen molar-refractivity contribution in [2.24, 2.45) is 0 Å². The second-order valence-corrected chi connectivity index (χ2v) is 29.2. The first-order valence-corrected chi connectivity index (χ1v) is 30.4.